The molecule has 3 heterocycles. The number of hydrogen-bond acceptors (Lipinski definition) is 5. The number of nitrogens with one attached hydrogen (secondary N) is 1. The number of fused-ring (bicyclic) bond motifs is 1. The Bertz CT molecular complexity index is 592. The summed E-state index contributed by atoms with van der Waals surface area (Å²) in [6.45, 7) is 18.4. The maximum Gasteiger partial charge on any atom is 0.317 e. The van der Waals surface area contributed by atoms with Crippen molar-refractivity contribution in [1.82, 2.24) is 10.2 Å². The molecule has 5 atom stereocenters. The van der Waals surface area contributed by atoms with Gasteiger partial charge in [-0.1, -0.05) is 27.7 Å². The largest absolute Gasteiger partial charge is 0.391 e. The first-order valence-corrected chi connectivity index (χ1v) is 13.5. The minimum atomic E-state index is -2.12. The van der Waals surface area contributed by atoms with Crippen molar-refractivity contribution in [2.45, 2.75) is 109 Å². The molecule has 0 aromatic heterocycles. The molecule has 0 bridgehead atoms. The zero-order chi connectivity index (χ0) is 20.9. The van der Waals surface area contributed by atoms with E-state index in [2.05, 4.69) is 46.1 Å². The van der Waals surface area contributed by atoms with Crippen molar-refractivity contribution in [2.75, 3.05) is 13.1 Å². The van der Waals surface area contributed by atoms with Crippen LogP contribution in [0.3, 0.4) is 0 Å². The topological polar surface area (TPSA) is 69.3 Å². The molecule has 3 aliphatic heterocycles. The van der Waals surface area contributed by atoms with Crippen LogP contribution in [-0.4, -0.2) is 68.8 Å². The molecule has 0 aromatic rings. The first-order valence-electron chi connectivity index (χ1n) is 10.6. The van der Waals surface area contributed by atoms with Gasteiger partial charge in [-0.05, 0) is 44.8 Å². The van der Waals surface area contributed by atoms with Crippen LogP contribution >= 0.6 is 0 Å². The van der Waals surface area contributed by atoms with Gasteiger partial charge in [-0.15, -0.1) is 0 Å². The molecule has 28 heavy (non-hydrogen) atoms. The Morgan fingerprint density at radius 1 is 1.25 bits per heavy atom. The van der Waals surface area contributed by atoms with Crippen LogP contribution in [-0.2, 0) is 18.6 Å². The number of ether oxygens (including phenoxy) is 3. The summed E-state index contributed by atoms with van der Waals surface area (Å²) in [7, 11) is -2.12. The number of urea groups is 1. The molecule has 8 heteroatoms. The molecular weight excluding hydrogens is 376 g/mol. The van der Waals surface area contributed by atoms with E-state index in [0.29, 0.717) is 13.1 Å². The van der Waals surface area contributed by atoms with Crippen LogP contribution in [0.5, 0.6) is 0 Å². The van der Waals surface area contributed by atoms with Crippen molar-refractivity contribution in [3.8, 4) is 0 Å². The number of nitrogens with zero attached hydrogens (tertiary/aromatic N) is 1. The highest BCUT2D eigenvalue weighted by molar-refractivity contribution is 6.74. The molecule has 0 saturated carbocycles. The molecule has 0 aliphatic carbocycles. The first kappa shape index (κ1) is 22.0. The number of rotatable bonds is 4. The molecule has 0 aromatic carbocycles. The smallest absolute Gasteiger partial charge is 0.317 e. The molecule has 3 aliphatic rings. The maximum absolute atomic E-state index is 12.7. The van der Waals surface area contributed by atoms with Crippen molar-refractivity contribution in [3.05, 3.63) is 0 Å². The highest BCUT2D eigenvalue weighted by Gasteiger charge is 2.58. The Hall–Kier alpha value is -0.673. The molecule has 162 valence electrons. The van der Waals surface area contributed by atoms with E-state index >= 15 is 0 Å². The lowest BCUT2D eigenvalue weighted by molar-refractivity contribution is -0.232. The summed E-state index contributed by atoms with van der Waals surface area (Å²) in [5.41, 5.74) is 0. The quantitative estimate of drug-likeness (QED) is 0.714. The minimum Gasteiger partial charge on any atom is -0.391 e. The van der Waals surface area contributed by atoms with Crippen LogP contribution in [0.25, 0.3) is 0 Å². The second-order valence-electron chi connectivity index (χ2n) is 10.2. The molecule has 3 rings (SSSR count). The van der Waals surface area contributed by atoms with E-state index in [1.165, 1.54) is 0 Å². The van der Waals surface area contributed by atoms with Crippen LogP contribution < -0.4 is 5.32 Å². The summed E-state index contributed by atoms with van der Waals surface area (Å²) in [4.78, 5) is 14.6. The van der Waals surface area contributed by atoms with E-state index < -0.39 is 20.4 Å². The van der Waals surface area contributed by atoms with Gasteiger partial charge in [0.25, 0.3) is 0 Å². The lowest BCUT2D eigenvalue weighted by atomic mass is 9.94. The molecular formula is C20H38N2O5Si. The fourth-order valence-corrected chi connectivity index (χ4v) is 5.13. The summed E-state index contributed by atoms with van der Waals surface area (Å²) < 4.78 is 25.7. The zero-order valence-electron chi connectivity index (χ0n) is 18.7. The van der Waals surface area contributed by atoms with E-state index in [-0.39, 0.29) is 35.4 Å². The van der Waals surface area contributed by atoms with Gasteiger partial charge < -0.3 is 28.9 Å². The Labute approximate surface area is 170 Å². The molecule has 0 radical (unpaired) electrons. The van der Waals surface area contributed by atoms with Gasteiger partial charge in [0, 0.05) is 13.1 Å². The highest BCUT2D eigenvalue weighted by atomic mass is 28.4. The molecule has 0 spiro atoms. The summed E-state index contributed by atoms with van der Waals surface area (Å²) in [5, 5.41) is 3.00. The minimum absolute atomic E-state index is 0.0376. The Balaban J connectivity index is 1.96. The lowest BCUT2D eigenvalue weighted by Crippen LogP contribution is -2.68. The van der Waals surface area contributed by atoms with Gasteiger partial charge >= 0.3 is 6.03 Å². The van der Waals surface area contributed by atoms with E-state index in [1.54, 1.807) is 0 Å². The van der Waals surface area contributed by atoms with Gasteiger partial charge in [0.15, 0.2) is 20.4 Å². The normalized spacial score (nSPS) is 36.2. The van der Waals surface area contributed by atoms with Crippen LogP contribution in [0, 0.1) is 0 Å². The lowest BCUT2D eigenvalue weighted by Gasteiger charge is -2.50. The average Bonchev–Trinajstić information content (AvgIpc) is 2.88. The van der Waals surface area contributed by atoms with Crippen LogP contribution in [0.15, 0.2) is 0 Å². The third kappa shape index (κ3) is 4.12. The maximum atomic E-state index is 12.7. The highest BCUT2D eigenvalue weighted by Crippen LogP contribution is 2.44. The van der Waals surface area contributed by atoms with Gasteiger partial charge in [-0.25, -0.2) is 4.79 Å². The van der Waals surface area contributed by atoms with Crippen LogP contribution in [0.2, 0.25) is 18.1 Å². The van der Waals surface area contributed by atoms with Crippen molar-refractivity contribution in [3.63, 3.8) is 0 Å². The zero-order valence-corrected chi connectivity index (χ0v) is 19.7. The van der Waals surface area contributed by atoms with E-state index in [4.69, 9.17) is 18.6 Å². The van der Waals surface area contributed by atoms with E-state index in [9.17, 15) is 4.79 Å². The summed E-state index contributed by atoms with van der Waals surface area (Å²) in [6.07, 6.45) is 0.579. The number of carbonyl (C=O) groups excluding carboxylic acids is 1. The van der Waals surface area contributed by atoms with Crippen molar-refractivity contribution in [1.29, 1.82) is 0 Å². The summed E-state index contributed by atoms with van der Waals surface area (Å²) in [5.74, 6) is -0.706. The van der Waals surface area contributed by atoms with Crippen molar-refractivity contribution in [2.24, 2.45) is 0 Å². The number of hydrogen-bond donors (Lipinski definition) is 1. The Morgan fingerprint density at radius 3 is 2.46 bits per heavy atom. The molecule has 1 unspecified atom stereocenters. The predicted molar refractivity (Wildman–Crippen MR) is 110 cm³/mol. The molecule has 3 fully saturated rings. The molecule has 7 nitrogen and oxygen atoms in total. The molecule has 3 saturated heterocycles. The van der Waals surface area contributed by atoms with Crippen molar-refractivity contribution >= 4 is 14.3 Å². The SMILES string of the molecule is CC[C@H]1OC(O[Si](C)(C)C(C)(C)C)[C@@H](N2CCCNC2=O)[C@H]2OC(C)(C)O[C@H]21. The second kappa shape index (κ2) is 7.54. The fraction of sp³-hybridized carbons (Fsp3) is 0.950. The fourth-order valence-electron chi connectivity index (χ4n) is 4.00. The third-order valence-corrected chi connectivity index (χ3v) is 11.0. The predicted octanol–water partition coefficient (Wildman–Crippen LogP) is 3.45. The van der Waals surface area contributed by atoms with Gasteiger partial charge in [-0.2, -0.15) is 0 Å². The summed E-state index contributed by atoms with van der Waals surface area (Å²) in [6, 6.07) is -0.408. The number of carbonyl (C=O) groups is 1. The van der Waals surface area contributed by atoms with Gasteiger partial charge in [0.2, 0.25) is 0 Å². The van der Waals surface area contributed by atoms with E-state index in [0.717, 1.165) is 12.8 Å². The van der Waals surface area contributed by atoms with Crippen LogP contribution in [0.4, 0.5) is 4.79 Å². The van der Waals surface area contributed by atoms with Crippen LogP contribution in [0.1, 0.15) is 54.4 Å². The second-order valence-corrected chi connectivity index (χ2v) is 14.9. The monoisotopic (exact) mass is 414 g/mol. The third-order valence-electron chi connectivity index (χ3n) is 6.55. The Kier molecular flexibility index (Phi) is 5.93. The van der Waals surface area contributed by atoms with Gasteiger partial charge in [0.1, 0.15) is 18.2 Å². The van der Waals surface area contributed by atoms with Gasteiger partial charge in [-0.3, -0.25) is 0 Å². The van der Waals surface area contributed by atoms with E-state index in [1.807, 2.05) is 18.7 Å². The first-order chi connectivity index (χ1) is 12.9. The molecule has 2 amide bonds. The number of amides is 2. The molecule has 1 N–H and O–H groups in total. The van der Waals surface area contributed by atoms with Gasteiger partial charge in [0.05, 0.1) is 6.10 Å². The summed E-state index contributed by atoms with van der Waals surface area (Å²) >= 11 is 0. The average molecular weight is 415 g/mol. The Morgan fingerprint density at radius 2 is 1.89 bits per heavy atom. The van der Waals surface area contributed by atoms with Crippen molar-refractivity contribution < 1.29 is 23.4 Å². The standard InChI is InChI=1S/C20H38N2O5Si/c1-9-13-15-16(26-20(5,6)25-15)14(22-12-10-11-21-18(22)23)17(24-13)27-28(7,8)19(2,3)4/h13-17H,9-12H2,1-8H3,(H,21,23)/t13-,14+,15+,16-,17?/m1/s1.